The molecular weight excluding hydrogens is 278 g/mol. The van der Waals surface area contributed by atoms with Crippen LogP contribution >= 0.6 is 23.4 Å². The van der Waals surface area contributed by atoms with Crippen molar-refractivity contribution in [2.75, 3.05) is 12.3 Å². The monoisotopic (exact) mass is 301 g/mol. The van der Waals surface area contributed by atoms with E-state index in [4.69, 9.17) is 11.6 Å². The standard InChI is InChI=1S/C14H24ClN3S/c1-3-7-16-13(12-6-5-9-19-12)14-11(15)10-17-18(14)8-4-2/h10,12-13,16H,3-9H2,1-2H3. The van der Waals surface area contributed by atoms with Crippen molar-refractivity contribution in [2.45, 2.75) is 57.4 Å². The molecular formula is C14H24ClN3S. The van der Waals surface area contributed by atoms with Crippen LogP contribution in [0.4, 0.5) is 0 Å². The molecule has 1 fully saturated rings. The number of hydrogen-bond donors (Lipinski definition) is 1. The minimum Gasteiger partial charge on any atom is -0.308 e. The van der Waals surface area contributed by atoms with Crippen LogP contribution in [0.1, 0.15) is 51.3 Å². The third-order valence-electron chi connectivity index (χ3n) is 3.51. The molecule has 5 heteroatoms. The van der Waals surface area contributed by atoms with Gasteiger partial charge in [0.1, 0.15) is 0 Å². The molecule has 2 heterocycles. The number of nitrogens with zero attached hydrogens (tertiary/aromatic N) is 2. The van der Waals surface area contributed by atoms with Gasteiger partial charge in [0, 0.05) is 11.8 Å². The molecule has 1 aromatic heterocycles. The van der Waals surface area contributed by atoms with E-state index in [-0.39, 0.29) is 0 Å². The fourth-order valence-corrected chi connectivity index (χ4v) is 4.29. The summed E-state index contributed by atoms with van der Waals surface area (Å²) < 4.78 is 2.09. The Morgan fingerprint density at radius 1 is 1.53 bits per heavy atom. The zero-order valence-electron chi connectivity index (χ0n) is 11.9. The molecule has 2 atom stereocenters. The molecule has 0 aliphatic carbocycles. The molecule has 3 nitrogen and oxygen atoms in total. The van der Waals surface area contributed by atoms with E-state index in [0.29, 0.717) is 11.3 Å². The molecule has 0 radical (unpaired) electrons. The van der Waals surface area contributed by atoms with E-state index in [2.05, 4.69) is 40.7 Å². The predicted molar refractivity (Wildman–Crippen MR) is 84.0 cm³/mol. The van der Waals surface area contributed by atoms with Gasteiger partial charge in [0.05, 0.1) is 23.0 Å². The van der Waals surface area contributed by atoms with E-state index in [0.717, 1.165) is 31.0 Å². The summed E-state index contributed by atoms with van der Waals surface area (Å²) in [5.74, 6) is 1.27. The Kier molecular flexibility index (Phi) is 6.05. The van der Waals surface area contributed by atoms with E-state index in [9.17, 15) is 0 Å². The van der Waals surface area contributed by atoms with Gasteiger partial charge in [0.25, 0.3) is 0 Å². The second-order valence-electron chi connectivity index (χ2n) is 5.08. The van der Waals surface area contributed by atoms with Crippen molar-refractivity contribution in [1.82, 2.24) is 15.1 Å². The van der Waals surface area contributed by atoms with E-state index in [1.807, 2.05) is 0 Å². The lowest BCUT2D eigenvalue weighted by Gasteiger charge is -2.25. The molecule has 0 amide bonds. The third kappa shape index (κ3) is 3.67. The topological polar surface area (TPSA) is 29.9 Å². The molecule has 0 bridgehead atoms. The molecule has 19 heavy (non-hydrogen) atoms. The first-order valence-corrected chi connectivity index (χ1v) is 8.76. The quantitative estimate of drug-likeness (QED) is 0.829. The van der Waals surface area contributed by atoms with Gasteiger partial charge in [-0.2, -0.15) is 16.9 Å². The largest absolute Gasteiger partial charge is 0.308 e. The fourth-order valence-electron chi connectivity index (χ4n) is 2.64. The van der Waals surface area contributed by atoms with Crippen LogP contribution in [-0.2, 0) is 6.54 Å². The lowest BCUT2D eigenvalue weighted by atomic mass is 10.1. The Balaban J connectivity index is 2.22. The van der Waals surface area contributed by atoms with Crippen LogP contribution in [0.5, 0.6) is 0 Å². The van der Waals surface area contributed by atoms with Crippen LogP contribution in [0.15, 0.2) is 6.20 Å². The molecule has 0 aromatic carbocycles. The van der Waals surface area contributed by atoms with E-state index in [1.165, 1.54) is 24.3 Å². The number of thioether (sulfide) groups is 1. The summed E-state index contributed by atoms with van der Waals surface area (Å²) in [7, 11) is 0. The van der Waals surface area contributed by atoms with Crippen LogP contribution < -0.4 is 5.32 Å². The van der Waals surface area contributed by atoms with E-state index in [1.54, 1.807) is 6.20 Å². The molecule has 1 aromatic rings. The molecule has 0 spiro atoms. The highest BCUT2D eigenvalue weighted by Crippen LogP contribution is 2.38. The van der Waals surface area contributed by atoms with Gasteiger partial charge in [0.2, 0.25) is 0 Å². The van der Waals surface area contributed by atoms with E-state index < -0.39 is 0 Å². The fraction of sp³-hybridized carbons (Fsp3) is 0.786. The molecule has 2 unspecified atom stereocenters. The second kappa shape index (κ2) is 7.55. The van der Waals surface area contributed by atoms with Crippen LogP contribution in [0, 0.1) is 0 Å². The van der Waals surface area contributed by atoms with Crippen LogP contribution in [0.2, 0.25) is 5.02 Å². The van der Waals surface area contributed by atoms with Gasteiger partial charge < -0.3 is 5.32 Å². The van der Waals surface area contributed by atoms with E-state index >= 15 is 0 Å². The summed E-state index contributed by atoms with van der Waals surface area (Å²) in [6, 6.07) is 0.342. The molecule has 0 saturated carbocycles. The number of nitrogens with one attached hydrogen (secondary N) is 1. The Hall–Kier alpha value is -0.190. The highest BCUT2D eigenvalue weighted by molar-refractivity contribution is 8.00. The first-order valence-electron chi connectivity index (χ1n) is 7.34. The van der Waals surface area contributed by atoms with Crippen molar-refractivity contribution in [2.24, 2.45) is 0 Å². The Morgan fingerprint density at radius 3 is 3.00 bits per heavy atom. The number of halogens is 1. The number of aryl methyl sites for hydroxylation is 1. The van der Waals surface area contributed by atoms with Gasteiger partial charge in [0.15, 0.2) is 0 Å². The maximum Gasteiger partial charge on any atom is 0.0834 e. The lowest BCUT2D eigenvalue weighted by Crippen LogP contribution is -2.32. The predicted octanol–water partition coefficient (Wildman–Crippen LogP) is 3.88. The maximum absolute atomic E-state index is 6.40. The highest BCUT2D eigenvalue weighted by atomic mass is 35.5. The Labute approximate surface area is 125 Å². The molecule has 1 aliphatic rings. The van der Waals surface area contributed by atoms with Crippen molar-refractivity contribution >= 4 is 23.4 Å². The molecule has 1 N–H and O–H groups in total. The van der Waals surface area contributed by atoms with Gasteiger partial charge in [-0.25, -0.2) is 0 Å². The smallest absolute Gasteiger partial charge is 0.0834 e. The van der Waals surface area contributed by atoms with Gasteiger partial charge in [-0.3, -0.25) is 4.68 Å². The third-order valence-corrected chi connectivity index (χ3v) is 5.27. The average Bonchev–Trinajstić information content (AvgIpc) is 3.03. The van der Waals surface area contributed by atoms with Crippen LogP contribution in [0.25, 0.3) is 0 Å². The van der Waals surface area contributed by atoms with Crippen molar-refractivity contribution in [3.8, 4) is 0 Å². The average molecular weight is 302 g/mol. The Morgan fingerprint density at radius 2 is 2.37 bits per heavy atom. The van der Waals surface area contributed by atoms with Crippen molar-refractivity contribution < 1.29 is 0 Å². The zero-order valence-corrected chi connectivity index (χ0v) is 13.4. The Bertz CT molecular complexity index is 388. The van der Waals surface area contributed by atoms with Gasteiger partial charge in [-0.05, 0) is 38.0 Å². The molecule has 2 rings (SSSR count). The first kappa shape index (κ1) is 15.2. The number of rotatable bonds is 7. The normalized spacial score (nSPS) is 20.9. The first-order chi connectivity index (χ1) is 9.27. The zero-order chi connectivity index (χ0) is 13.7. The van der Waals surface area contributed by atoms with Crippen molar-refractivity contribution in [3.05, 3.63) is 16.9 Å². The minimum absolute atomic E-state index is 0.342. The molecule has 108 valence electrons. The summed E-state index contributed by atoms with van der Waals surface area (Å²) in [6.45, 7) is 6.37. The van der Waals surface area contributed by atoms with Crippen molar-refractivity contribution in [1.29, 1.82) is 0 Å². The SMILES string of the molecule is CCCNC(c1c(Cl)cnn1CCC)C1CCCS1. The molecule has 1 saturated heterocycles. The summed E-state index contributed by atoms with van der Waals surface area (Å²) in [4.78, 5) is 0. The van der Waals surface area contributed by atoms with Gasteiger partial charge >= 0.3 is 0 Å². The molecule has 1 aliphatic heterocycles. The minimum atomic E-state index is 0.342. The van der Waals surface area contributed by atoms with Crippen molar-refractivity contribution in [3.63, 3.8) is 0 Å². The number of hydrogen-bond acceptors (Lipinski definition) is 3. The van der Waals surface area contributed by atoms with Gasteiger partial charge in [-0.1, -0.05) is 25.4 Å². The van der Waals surface area contributed by atoms with Gasteiger partial charge in [-0.15, -0.1) is 0 Å². The van der Waals surface area contributed by atoms with Crippen LogP contribution in [0.3, 0.4) is 0 Å². The maximum atomic E-state index is 6.40. The summed E-state index contributed by atoms with van der Waals surface area (Å²) in [5.41, 5.74) is 1.19. The summed E-state index contributed by atoms with van der Waals surface area (Å²) in [5, 5.41) is 9.58. The number of aromatic nitrogens is 2. The summed E-state index contributed by atoms with van der Waals surface area (Å²) in [6.07, 6.45) is 6.63. The summed E-state index contributed by atoms with van der Waals surface area (Å²) >= 11 is 8.47. The van der Waals surface area contributed by atoms with Crippen LogP contribution in [-0.4, -0.2) is 27.3 Å². The second-order valence-corrected chi connectivity index (χ2v) is 6.84. The highest BCUT2D eigenvalue weighted by Gasteiger charge is 2.30. The lowest BCUT2D eigenvalue weighted by molar-refractivity contribution is 0.453.